The number of nitrogens with one attached hydrogen (secondary N) is 2. The number of anilines is 1. The van der Waals surface area contributed by atoms with Gasteiger partial charge in [0.1, 0.15) is 29.9 Å². The fourth-order valence-corrected chi connectivity index (χ4v) is 3.66. The number of aryl methyl sites for hydroxylation is 1. The van der Waals surface area contributed by atoms with Gasteiger partial charge in [-0.25, -0.2) is 14.4 Å². The molecule has 0 bridgehead atoms. The second kappa shape index (κ2) is 9.69. The molecule has 1 aliphatic rings. The molecule has 4 rings (SSSR count). The molecule has 0 amide bonds. The van der Waals surface area contributed by atoms with Crippen LogP contribution in [0.1, 0.15) is 35.9 Å². The SMILES string of the molecule is Cc1cnc(NC2CCOCC2)nc1-n1cnc(C(O)NCc2cc(F)cc(Cl)c2)c1. The van der Waals surface area contributed by atoms with Crippen molar-refractivity contribution in [2.75, 3.05) is 18.5 Å². The summed E-state index contributed by atoms with van der Waals surface area (Å²) in [5.74, 6) is 0.796. The molecule has 3 heterocycles. The Hall–Kier alpha value is -2.59. The van der Waals surface area contributed by atoms with Crippen LogP contribution in [0.25, 0.3) is 5.82 Å². The summed E-state index contributed by atoms with van der Waals surface area (Å²) in [6, 6.07) is 4.52. The normalized spacial score (nSPS) is 15.7. The van der Waals surface area contributed by atoms with E-state index < -0.39 is 12.0 Å². The van der Waals surface area contributed by atoms with Gasteiger partial charge in [-0.15, -0.1) is 0 Å². The van der Waals surface area contributed by atoms with Crippen LogP contribution in [-0.2, 0) is 11.3 Å². The number of hydrogen-bond donors (Lipinski definition) is 3. The molecule has 0 spiro atoms. The summed E-state index contributed by atoms with van der Waals surface area (Å²) in [6.45, 7) is 3.61. The Morgan fingerprint density at radius 2 is 2.10 bits per heavy atom. The Balaban J connectivity index is 1.44. The van der Waals surface area contributed by atoms with E-state index in [-0.39, 0.29) is 12.6 Å². The fourth-order valence-electron chi connectivity index (χ4n) is 3.42. The predicted molar refractivity (Wildman–Crippen MR) is 115 cm³/mol. The van der Waals surface area contributed by atoms with Crippen molar-refractivity contribution >= 4 is 17.5 Å². The third kappa shape index (κ3) is 5.56. The van der Waals surface area contributed by atoms with E-state index in [2.05, 4.69) is 25.6 Å². The third-order valence-electron chi connectivity index (χ3n) is 5.05. The Morgan fingerprint density at radius 1 is 1.29 bits per heavy atom. The molecule has 0 aliphatic carbocycles. The van der Waals surface area contributed by atoms with E-state index >= 15 is 0 Å². The van der Waals surface area contributed by atoms with Gasteiger partial charge in [0.15, 0.2) is 0 Å². The van der Waals surface area contributed by atoms with Gasteiger partial charge in [0.2, 0.25) is 5.95 Å². The second-order valence-electron chi connectivity index (χ2n) is 7.50. The zero-order chi connectivity index (χ0) is 21.8. The van der Waals surface area contributed by atoms with Gasteiger partial charge < -0.3 is 15.2 Å². The van der Waals surface area contributed by atoms with Crippen molar-refractivity contribution in [1.82, 2.24) is 24.8 Å². The predicted octanol–water partition coefficient (Wildman–Crippen LogP) is 3.13. The number of aromatic nitrogens is 4. The van der Waals surface area contributed by atoms with Gasteiger partial charge in [0, 0.05) is 48.8 Å². The summed E-state index contributed by atoms with van der Waals surface area (Å²) in [7, 11) is 0. The molecule has 3 N–H and O–H groups in total. The number of aliphatic hydroxyl groups is 1. The Morgan fingerprint density at radius 3 is 2.87 bits per heavy atom. The first kappa shape index (κ1) is 21.6. The zero-order valence-electron chi connectivity index (χ0n) is 17.1. The molecule has 8 nitrogen and oxygen atoms in total. The highest BCUT2D eigenvalue weighted by Crippen LogP contribution is 2.19. The highest BCUT2D eigenvalue weighted by atomic mass is 35.5. The van der Waals surface area contributed by atoms with Crippen LogP contribution < -0.4 is 10.6 Å². The topological polar surface area (TPSA) is 97.1 Å². The van der Waals surface area contributed by atoms with Crippen molar-refractivity contribution in [1.29, 1.82) is 0 Å². The first-order valence-corrected chi connectivity index (χ1v) is 10.4. The number of halogens is 2. The van der Waals surface area contributed by atoms with Gasteiger partial charge in [-0.3, -0.25) is 9.88 Å². The Labute approximate surface area is 184 Å². The van der Waals surface area contributed by atoms with Crippen LogP contribution in [0.3, 0.4) is 0 Å². The zero-order valence-corrected chi connectivity index (χ0v) is 17.8. The number of ether oxygens (including phenoxy) is 1. The quantitative estimate of drug-likeness (QED) is 0.480. The molecular formula is C21H24ClFN6O2. The molecular weight excluding hydrogens is 423 g/mol. The molecule has 0 radical (unpaired) electrons. The van der Waals surface area contributed by atoms with Crippen molar-refractivity contribution in [2.24, 2.45) is 0 Å². The van der Waals surface area contributed by atoms with Crippen molar-refractivity contribution < 1.29 is 14.2 Å². The van der Waals surface area contributed by atoms with Crippen LogP contribution in [0.5, 0.6) is 0 Å². The minimum atomic E-state index is -1.04. The molecule has 10 heteroatoms. The molecule has 1 unspecified atom stereocenters. The van der Waals surface area contributed by atoms with Crippen molar-refractivity contribution in [3.8, 4) is 5.82 Å². The lowest BCUT2D eigenvalue weighted by Crippen LogP contribution is -2.28. The minimum Gasteiger partial charge on any atom is -0.381 e. The maximum atomic E-state index is 13.5. The second-order valence-corrected chi connectivity index (χ2v) is 7.93. The van der Waals surface area contributed by atoms with Crippen molar-refractivity contribution in [3.63, 3.8) is 0 Å². The molecule has 1 fully saturated rings. The highest BCUT2D eigenvalue weighted by Gasteiger charge is 2.17. The lowest BCUT2D eigenvalue weighted by atomic mass is 10.1. The summed E-state index contributed by atoms with van der Waals surface area (Å²) >= 11 is 5.87. The average molecular weight is 447 g/mol. The Bertz CT molecular complexity index is 1020. The van der Waals surface area contributed by atoms with Gasteiger partial charge >= 0.3 is 0 Å². The summed E-state index contributed by atoms with van der Waals surface area (Å²) < 4.78 is 20.6. The molecule has 31 heavy (non-hydrogen) atoms. The minimum absolute atomic E-state index is 0.233. The largest absolute Gasteiger partial charge is 0.381 e. The molecule has 0 saturated carbocycles. The number of aliphatic hydroxyl groups excluding tert-OH is 1. The van der Waals surface area contributed by atoms with E-state index in [1.54, 1.807) is 29.4 Å². The van der Waals surface area contributed by atoms with E-state index in [1.807, 2.05) is 6.92 Å². The average Bonchev–Trinajstić information content (AvgIpc) is 3.24. The first-order chi connectivity index (χ1) is 15.0. The van der Waals surface area contributed by atoms with Gasteiger partial charge in [-0.1, -0.05) is 11.6 Å². The van der Waals surface area contributed by atoms with Gasteiger partial charge in [-0.2, -0.15) is 4.98 Å². The van der Waals surface area contributed by atoms with E-state index in [1.165, 1.54) is 12.1 Å². The maximum Gasteiger partial charge on any atom is 0.224 e. The van der Waals surface area contributed by atoms with Crippen LogP contribution in [-0.4, -0.2) is 43.9 Å². The molecule has 164 valence electrons. The fraction of sp³-hybridized carbons (Fsp3) is 0.381. The molecule has 1 saturated heterocycles. The molecule has 2 aromatic heterocycles. The number of benzene rings is 1. The highest BCUT2D eigenvalue weighted by molar-refractivity contribution is 6.30. The number of hydrogen-bond acceptors (Lipinski definition) is 7. The molecule has 3 aromatic rings. The lowest BCUT2D eigenvalue weighted by molar-refractivity contribution is 0.0903. The van der Waals surface area contributed by atoms with Crippen LogP contribution in [0.15, 0.2) is 36.9 Å². The summed E-state index contributed by atoms with van der Waals surface area (Å²) in [5, 5.41) is 17.0. The van der Waals surface area contributed by atoms with Gasteiger partial charge in [-0.05, 0) is 43.5 Å². The first-order valence-electron chi connectivity index (χ1n) is 10.1. The van der Waals surface area contributed by atoms with Crippen LogP contribution >= 0.6 is 11.6 Å². The van der Waals surface area contributed by atoms with Crippen molar-refractivity contribution in [3.05, 3.63) is 64.6 Å². The molecule has 1 aliphatic heterocycles. The van der Waals surface area contributed by atoms with Gasteiger partial charge in [0.25, 0.3) is 0 Å². The smallest absolute Gasteiger partial charge is 0.224 e. The summed E-state index contributed by atoms with van der Waals surface area (Å²) in [5.41, 5.74) is 1.91. The van der Waals surface area contributed by atoms with Gasteiger partial charge in [0.05, 0.1) is 0 Å². The molecule has 1 atom stereocenters. The maximum absolute atomic E-state index is 13.5. The third-order valence-corrected chi connectivity index (χ3v) is 5.27. The van der Waals surface area contributed by atoms with E-state index in [0.717, 1.165) is 31.6 Å². The van der Waals surface area contributed by atoms with Crippen molar-refractivity contribution in [2.45, 2.75) is 38.6 Å². The van der Waals surface area contributed by atoms with Crippen LogP contribution in [0.4, 0.5) is 10.3 Å². The van der Waals surface area contributed by atoms with E-state index in [4.69, 9.17) is 16.3 Å². The van der Waals surface area contributed by atoms with Crippen LogP contribution in [0, 0.1) is 12.7 Å². The van der Waals surface area contributed by atoms with Crippen LogP contribution in [0.2, 0.25) is 5.02 Å². The molecule has 1 aromatic carbocycles. The summed E-state index contributed by atoms with van der Waals surface area (Å²) in [4.78, 5) is 13.3. The van der Waals surface area contributed by atoms with E-state index in [0.29, 0.717) is 28.0 Å². The number of imidazole rings is 1. The standard InChI is InChI=1S/C21H24ClFN6O2/c1-13-9-25-21(27-17-2-4-31-5-3-17)28-19(13)29-11-18(26-12-29)20(30)24-10-14-6-15(22)8-16(23)7-14/h6-9,11-12,17,20,24,30H,2-5,10H2,1H3,(H,25,27,28). The number of rotatable bonds is 7. The van der Waals surface area contributed by atoms with E-state index in [9.17, 15) is 9.50 Å². The number of nitrogens with zero attached hydrogens (tertiary/aromatic N) is 4. The monoisotopic (exact) mass is 446 g/mol. The Kier molecular flexibility index (Phi) is 6.77. The lowest BCUT2D eigenvalue weighted by Gasteiger charge is -2.23. The summed E-state index contributed by atoms with van der Waals surface area (Å²) in [6.07, 6.45) is 5.83.